The Bertz CT molecular complexity index is 1110. The van der Waals surface area contributed by atoms with E-state index in [2.05, 4.69) is 10.3 Å². The zero-order chi connectivity index (χ0) is 21.7. The van der Waals surface area contributed by atoms with Crippen LogP contribution in [0.5, 0.6) is 5.75 Å². The summed E-state index contributed by atoms with van der Waals surface area (Å²) in [5, 5.41) is 3.93. The second-order valence-corrected chi connectivity index (χ2v) is 7.80. The predicted molar refractivity (Wildman–Crippen MR) is 125 cm³/mol. The predicted octanol–water partition coefficient (Wildman–Crippen LogP) is 6.69. The highest BCUT2D eigenvalue weighted by Crippen LogP contribution is 2.25. The summed E-state index contributed by atoms with van der Waals surface area (Å²) in [6, 6.07) is 16.5. The number of aliphatic imine (C=N–C) groups is 1. The molecule has 3 aromatic rings. The van der Waals surface area contributed by atoms with Crippen LogP contribution in [0.2, 0.25) is 10.0 Å². The molecule has 154 valence electrons. The van der Waals surface area contributed by atoms with Gasteiger partial charge >= 0.3 is 0 Å². The lowest BCUT2D eigenvalue weighted by Gasteiger charge is -2.11. The minimum absolute atomic E-state index is 0.155. The molecule has 6 heteroatoms. The quantitative estimate of drug-likeness (QED) is 0.434. The van der Waals surface area contributed by atoms with Crippen molar-refractivity contribution in [2.45, 2.75) is 20.8 Å². The number of carbonyl (C=O) groups is 1. The van der Waals surface area contributed by atoms with E-state index in [4.69, 9.17) is 27.9 Å². The molecule has 0 atom stereocenters. The van der Waals surface area contributed by atoms with E-state index < -0.39 is 0 Å². The number of aryl methyl sites for hydroxylation is 2. The van der Waals surface area contributed by atoms with Crippen LogP contribution in [0, 0.1) is 20.8 Å². The Labute approximate surface area is 186 Å². The number of nitrogens with one attached hydrogen (secondary N) is 1. The summed E-state index contributed by atoms with van der Waals surface area (Å²) in [5.74, 6) is 0.229. The highest BCUT2D eigenvalue weighted by atomic mass is 35.5. The van der Waals surface area contributed by atoms with Gasteiger partial charge < -0.3 is 10.1 Å². The molecule has 30 heavy (non-hydrogen) atoms. The number of benzene rings is 3. The lowest BCUT2D eigenvalue weighted by atomic mass is 10.1. The van der Waals surface area contributed by atoms with Crippen LogP contribution in [-0.2, 0) is 4.79 Å². The molecule has 0 aliphatic carbocycles. The minimum atomic E-state index is -0.290. The molecule has 3 rings (SSSR count). The van der Waals surface area contributed by atoms with Gasteiger partial charge in [0.05, 0.1) is 5.69 Å². The van der Waals surface area contributed by atoms with Gasteiger partial charge in [-0.25, -0.2) is 0 Å². The van der Waals surface area contributed by atoms with Gasteiger partial charge in [0.2, 0.25) is 0 Å². The third kappa shape index (κ3) is 5.62. The number of amides is 1. The first-order valence-corrected chi connectivity index (χ1v) is 10.2. The maximum Gasteiger partial charge on any atom is 0.262 e. The van der Waals surface area contributed by atoms with Crippen molar-refractivity contribution in [1.29, 1.82) is 0 Å². The molecule has 0 unspecified atom stereocenters. The van der Waals surface area contributed by atoms with Crippen molar-refractivity contribution in [3.63, 3.8) is 0 Å². The summed E-state index contributed by atoms with van der Waals surface area (Å²) in [4.78, 5) is 16.9. The zero-order valence-electron chi connectivity index (χ0n) is 17.0. The molecular weight excluding hydrogens is 419 g/mol. The van der Waals surface area contributed by atoms with Crippen LogP contribution in [-0.4, -0.2) is 18.7 Å². The molecule has 0 fully saturated rings. The van der Waals surface area contributed by atoms with Gasteiger partial charge in [-0.3, -0.25) is 9.79 Å². The van der Waals surface area contributed by atoms with Crippen molar-refractivity contribution in [2.24, 2.45) is 4.99 Å². The van der Waals surface area contributed by atoms with E-state index >= 15 is 0 Å². The van der Waals surface area contributed by atoms with E-state index in [9.17, 15) is 4.79 Å². The number of halogens is 2. The van der Waals surface area contributed by atoms with Gasteiger partial charge in [0, 0.05) is 27.5 Å². The fourth-order valence-corrected chi connectivity index (χ4v) is 3.14. The molecule has 0 bridgehead atoms. The van der Waals surface area contributed by atoms with Gasteiger partial charge in [0.1, 0.15) is 5.75 Å². The standard InChI is InChI=1S/C24H22Cl2N2O2/c1-15-5-4-6-22(17(15)3)27-13-18-11-19(25)8-10-23(18)30-14-24(29)28-20-9-7-16(2)21(26)12-20/h4-13H,14H2,1-3H3,(H,28,29). The third-order valence-corrected chi connectivity index (χ3v) is 5.35. The lowest BCUT2D eigenvalue weighted by Crippen LogP contribution is -2.20. The Balaban J connectivity index is 1.72. The van der Waals surface area contributed by atoms with E-state index in [0.717, 1.165) is 16.8 Å². The Kier molecular flexibility index (Phi) is 7.14. The number of ether oxygens (including phenoxy) is 1. The molecular formula is C24H22Cl2N2O2. The number of carbonyl (C=O) groups excluding carboxylic acids is 1. The van der Waals surface area contributed by atoms with Crippen molar-refractivity contribution in [2.75, 3.05) is 11.9 Å². The lowest BCUT2D eigenvalue weighted by molar-refractivity contribution is -0.118. The highest BCUT2D eigenvalue weighted by Gasteiger charge is 2.09. The zero-order valence-corrected chi connectivity index (χ0v) is 18.5. The molecule has 0 heterocycles. The van der Waals surface area contributed by atoms with Gasteiger partial charge in [-0.05, 0) is 73.9 Å². The number of rotatable bonds is 6. The van der Waals surface area contributed by atoms with Crippen molar-refractivity contribution in [3.8, 4) is 5.75 Å². The van der Waals surface area contributed by atoms with Gasteiger partial charge in [0.25, 0.3) is 5.91 Å². The molecule has 0 aromatic heterocycles. The monoisotopic (exact) mass is 440 g/mol. The van der Waals surface area contributed by atoms with Gasteiger partial charge in [-0.15, -0.1) is 0 Å². The normalized spacial score (nSPS) is 11.0. The first-order chi connectivity index (χ1) is 14.3. The van der Waals surface area contributed by atoms with Crippen LogP contribution in [0.25, 0.3) is 0 Å². The second-order valence-electron chi connectivity index (χ2n) is 6.96. The first-order valence-electron chi connectivity index (χ1n) is 9.42. The van der Waals surface area contributed by atoms with Crippen molar-refractivity contribution in [3.05, 3.63) is 86.9 Å². The Morgan fingerprint density at radius 1 is 1.03 bits per heavy atom. The molecule has 4 nitrogen and oxygen atoms in total. The second kappa shape index (κ2) is 9.79. The summed E-state index contributed by atoms with van der Waals surface area (Å²) in [6.07, 6.45) is 1.70. The Morgan fingerprint density at radius 3 is 2.60 bits per heavy atom. The van der Waals surface area contributed by atoms with Crippen LogP contribution < -0.4 is 10.1 Å². The number of hydrogen-bond acceptors (Lipinski definition) is 3. The van der Waals surface area contributed by atoms with Crippen LogP contribution in [0.3, 0.4) is 0 Å². The topological polar surface area (TPSA) is 50.7 Å². The fraction of sp³-hybridized carbons (Fsp3) is 0.167. The molecule has 0 saturated heterocycles. The summed E-state index contributed by atoms with van der Waals surface area (Å²) >= 11 is 12.2. The van der Waals surface area contributed by atoms with Gasteiger partial charge in [-0.2, -0.15) is 0 Å². The molecule has 0 aliphatic heterocycles. The highest BCUT2D eigenvalue weighted by molar-refractivity contribution is 6.31. The minimum Gasteiger partial charge on any atom is -0.483 e. The van der Waals surface area contributed by atoms with E-state index in [1.807, 2.05) is 45.0 Å². The molecule has 1 amide bonds. The molecule has 0 radical (unpaired) electrons. The van der Waals surface area contributed by atoms with E-state index in [1.165, 1.54) is 5.56 Å². The fourth-order valence-electron chi connectivity index (χ4n) is 2.78. The summed E-state index contributed by atoms with van der Waals surface area (Å²) in [5.41, 5.74) is 5.39. The van der Waals surface area contributed by atoms with Crippen LogP contribution in [0.1, 0.15) is 22.3 Å². The maximum atomic E-state index is 12.3. The van der Waals surface area contributed by atoms with Crippen LogP contribution in [0.15, 0.2) is 59.6 Å². The molecule has 0 spiro atoms. The van der Waals surface area contributed by atoms with Gasteiger partial charge in [0.15, 0.2) is 6.61 Å². The molecule has 1 N–H and O–H groups in total. The number of hydrogen-bond donors (Lipinski definition) is 1. The Morgan fingerprint density at radius 2 is 1.83 bits per heavy atom. The first kappa shape index (κ1) is 21.9. The number of anilines is 1. The van der Waals surface area contributed by atoms with E-state index in [0.29, 0.717) is 27.0 Å². The SMILES string of the molecule is Cc1ccc(NC(=O)COc2ccc(Cl)cc2C=Nc2cccc(C)c2C)cc1Cl. The Hall–Kier alpha value is -2.82. The van der Waals surface area contributed by atoms with Gasteiger partial charge in [-0.1, -0.05) is 41.4 Å². The molecule has 0 saturated carbocycles. The third-order valence-electron chi connectivity index (χ3n) is 4.70. The maximum absolute atomic E-state index is 12.3. The molecule has 0 aliphatic rings. The summed E-state index contributed by atoms with van der Waals surface area (Å²) in [6.45, 7) is 5.82. The van der Waals surface area contributed by atoms with Crippen molar-refractivity contribution >= 4 is 46.7 Å². The average molecular weight is 441 g/mol. The average Bonchev–Trinajstić information content (AvgIpc) is 2.71. The number of nitrogens with zero attached hydrogens (tertiary/aromatic N) is 1. The van der Waals surface area contributed by atoms with Crippen LogP contribution in [0.4, 0.5) is 11.4 Å². The van der Waals surface area contributed by atoms with Crippen LogP contribution >= 0.6 is 23.2 Å². The van der Waals surface area contributed by atoms with E-state index in [-0.39, 0.29) is 12.5 Å². The summed E-state index contributed by atoms with van der Waals surface area (Å²) in [7, 11) is 0. The van der Waals surface area contributed by atoms with Crippen molar-refractivity contribution in [1.82, 2.24) is 0 Å². The molecule has 3 aromatic carbocycles. The largest absolute Gasteiger partial charge is 0.483 e. The smallest absolute Gasteiger partial charge is 0.262 e. The van der Waals surface area contributed by atoms with Crippen molar-refractivity contribution < 1.29 is 9.53 Å². The van der Waals surface area contributed by atoms with E-state index in [1.54, 1.807) is 36.5 Å². The summed E-state index contributed by atoms with van der Waals surface area (Å²) < 4.78 is 5.73.